The van der Waals surface area contributed by atoms with E-state index < -0.39 is 11.6 Å². The molecule has 152 valence electrons. The van der Waals surface area contributed by atoms with Crippen LogP contribution in [-0.2, 0) is 0 Å². The molecule has 2 aliphatic heterocycles. The zero-order valence-electron chi connectivity index (χ0n) is 15.9. The molecule has 0 saturated carbocycles. The maximum absolute atomic E-state index is 13.9. The van der Waals surface area contributed by atoms with E-state index in [0.717, 1.165) is 19.3 Å². The molecule has 4 rings (SSSR count). The van der Waals surface area contributed by atoms with Crippen LogP contribution in [0.25, 0.3) is 0 Å². The molecule has 29 heavy (non-hydrogen) atoms. The first-order chi connectivity index (χ1) is 14.0. The van der Waals surface area contributed by atoms with Crippen LogP contribution < -0.4 is 10.6 Å². The minimum atomic E-state index is -0.469. The van der Waals surface area contributed by atoms with Gasteiger partial charge in [-0.3, -0.25) is 4.79 Å². The number of para-hydroxylation sites is 1. The van der Waals surface area contributed by atoms with Crippen molar-refractivity contribution in [3.63, 3.8) is 0 Å². The molecule has 2 aromatic carbocycles. The average Bonchev–Trinajstić information content (AvgIpc) is 2.69. The summed E-state index contributed by atoms with van der Waals surface area (Å²) in [4.78, 5) is 27.1. The van der Waals surface area contributed by atoms with Crippen LogP contribution in [0, 0.1) is 11.6 Å². The Morgan fingerprint density at radius 2 is 1.69 bits per heavy atom. The molecule has 0 aromatic heterocycles. The second kappa shape index (κ2) is 8.19. The van der Waals surface area contributed by atoms with Crippen molar-refractivity contribution in [3.05, 3.63) is 65.7 Å². The molecule has 2 saturated heterocycles. The van der Waals surface area contributed by atoms with Crippen LogP contribution in [0.3, 0.4) is 0 Å². The highest BCUT2D eigenvalue weighted by Gasteiger charge is 2.41. The summed E-state index contributed by atoms with van der Waals surface area (Å²) in [5.74, 6) is -1.23. The first-order valence-corrected chi connectivity index (χ1v) is 9.91. The standard InChI is InChI=1S/C22H23F2N3O2/c23-15-6-3-5-14(11-15)21(28)25-16-12-17-7-4-8-18(13-16)27(17)22(29)26-20-10-2-1-9-19(20)24/h1-3,5-6,9-11,16-18H,4,7-8,12-13H2,(H,25,28)(H,26,29)/t16?,17-,18+. The van der Waals surface area contributed by atoms with E-state index in [-0.39, 0.29) is 41.3 Å². The van der Waals surface area contributed by atoms with E-state index in [2.05, 4.69) is 10.6 Å². The summed E-state index contributed by atoms with van der Waals surface area (Å²) in [6, 6.07) is 11.3. The van der Waals surface area contributed by atoms with Gasteiger partial charge in [-0.05, 0) is 62.4 Å². The van der Waals surface area contributed by atoms with Crippen molar-refractivity contribution in [2.24, 2.45) is 0 Å². The summed E-state index contributed by atoms with van der Waals surface area (Å²) in [6.07, 6.45) is 3.95. The third-order valence-electron chi connectivity index (χ3n) is 5.75. The van der Waals surface area contributed by atoms with E-state index in [0.29, 0.717) is 12.8 Å². The molecular formula is C22H23F2N3O2. The number of anilines is 1. The fraction of sp³-hybridized carbons (Fsp3) is 0.364. The van der Waals surface area contributed by atoms with E-state index in [1.807, 2.05) is 0 Å². The molecule has 0 aliphatic carbocycles. The Bertz CT molecular complexity index is 906. The van der Waals surface area contributed by atoms with Crippen molar-refractivity contribution in [1.82, 2.24) is 10.2 Å². The van der Waals surface area contributed by atoms with Gasteiger partial charge >= 0.3 is 6.03 Å². The molecule has 1 unspecified atom stereocenters. The SMILES string of the molecule is O=C(NC1C[C@H]2CCC[C@@H](C1)N2C(=O)Nc1ccccc1F)c1cccc(F)c1. The molecule has 7 heteroatoms. The Kier molecular flexibility index (Phi) is 5.47. The Labute approximate surface area is 168 Å². The summed E-state index contributed by atoms with van der Waals surface area (Å²) >= 11 is 0. The van der Waals surface area contributed by atoms with E-state index in [4.69, 9.17) is 0 Å². The molecular weight excluding hydrogens is 376 g/mol. The highest BCUT2D eigenvalue weighted by atomic mass is 19.1. The van der Waals surface area contributed by atoms with Crippen LogP contribution in [0.15, 0.2) is 48.5 Å². The minimum Gasteiger partial charge on any atom is -0.349 e. The van der Waals surface area contributed by atoms with Gasteiger partial charge in [0.1, 0.15) is 11.6 Å². The predicted octanol–water partition coefficient (Wildman–Crippen LogP) is 4.31. The molecule has 0 radical (unpaired) electrons. The maximum atomic E-state index is 13.9. The van der Waals surface area contributed by atoms with Gasteiger partial charge in [0.25, 0.3) is 5.91 Å². The van der Waals surface area contributed by atoms with Gasteiger partial charge in [0, 0.05) is 23.7 Å². The number of nitrogens with zero attached hydrogens (tertiary/aromatic N) is 1. The molecule has 2 aliphatic rings. The zero-order valence-corrected chi connectivity index (χ0v) is 15.9. The van der Waals surface area contributed by atoms with Crippen molar-refractivity contribution in [3.8, 4) is 0 Å². The number of urea groups is 1. The lowest BCUT2D eigenvalue weighted by Gasteiger charge is -2.48. The van der Waals surface area contributed by atoms with Crippen molar-refractivity contribution in [2.45, 2.75) is 50.2 Å². The first kappa shape index (κ1) is 19.4. The van der Waals surface area contributed by atoms with E-state index in [9.17, 15) is 18.4 Å². The van der Waals surface area contributed by atoms with Gasteiger partial charge in [0.05, 0.1) is 5.69 Å². The van der Waals surface area contributed by atoms with Gasteiger partial charge in [0.15, 0.2) is 0 Å². The number of benzene rings is 2. The van der Waals surface area contributed by atoms with Crippen LogP contribution >= 0.6 is 0 Å². The maximum Gasteiger partial charge on any atom is 0.322 e. The van der Waals surface area contributed by atoms with E-state index in [1.165, 1.54) is 30.3 Å². The van der Waals surface area contributed by atoms with Gasteiger partial charge in [-0.25, -0.2) is 13.6 Å². The highest BCUT2D eigenvalue weighted by molar-refractivity contribution is 5.94. The van der Waals surface area contributed by atoms with Crippen LogP contribution in [-0.4, -0.2) is 35.0 Å². The van der Waals surface area contributed by atoms with Crippen LogP contribution in [0.2, 0.25) is 0 Å². The minimum absolute atomic E-state index is 0.0212. The van der Waals surface area contributed by atoms with Crippen molar-refractivity contribution in [2.75, 3.05) is 5.32 Å². The number of halogens is 2. The molecule has 2 heterocycles. The number of rotatable bonds is 3. The molecule has 2 fully saturated rings. The number of nitrogens with one attached hydrogen (secondary N) is 2. The molecule has 3 amide bonds. The van der Waals surface area contributed by atoms with Crippen molar-refractivity contribution >= 4 is 17.6 Å². The summed E-state index contributed by atoms with van der Waals surface area (Å²) in [5, 5.41) is 5.66. The lowest BCUT2D eigenvalue weighted by Crippen LogP contribution is -2.59. The van der Waals surface area contributed by atoms with Gasteiger partial charge in [-0.2, -0.15) is 0 Å². The lowest BCUT2D eigenvalue weighted by molar-refractivity contribution is 0.0576. The fourth-order valence-electron chi connectivity index (χ4n) is 4.47. The number of fused-ring (bicyclic) bond motifs is 2. The fourth-order valence-corrected chi connectivity index (χ4v) is 4.47. The number of amides is 3. The third-order valence-corrected chi connectivity index (χ3v) is 5.75. The molecule has 0 spiro atoms. The number of carbonyl (C=O) groups excluding carboxylic acids is 2. The number of piperidine rings is 2. The van der Waals surface area contributed by atoms with Crippen molar-refractivity contribution in [1.29, 1.82) is 0 Å². The molecule has 2 bridgehead atoms. The smallest absolute Gasteiger partial charge is 0.322 e. The van der Waals surface area contributed by atoms with Crippen molar-refractivity contribution < 1.29 is 18.4 Å². The Morgan fingerprint density at radius 1 is 0.966 bits per heavy atom. The van der Waals surface area contributed by atoms with Gasteiger partial charge in [-0.15, -0.1) is 0 Å². The summed E-state index contributed by atoms with van der Waals surface area (Å²) in [6.45, 7) is 0. The first-order valence-electron chi connectivity index (χ1n) is 9.91. The number of carbonyl (C=O) groups is 2. The Hall–Kier alpha value is -2.96. The van der Waals surface area contributed by atoms with Gasteiger partial charge in [0.2, 0.25) is 0 Å². The van der Waals surface area contributed by atoms with Crippen LogP contribution in [0.5, 0.6) is 0 Å². The largest absolute Gasteiger partial charge is 0.349 e. The Balaban J connectivity index is 1.43. The van der Waals surface area contributed by atoms with Gasteiger partial charge < -0.3 is 15.5 Å². The summed E-state index contributed by atoms with van der Waals surface area (Å²) in [5.41, 5.74) is 0.451. The average molecular weight is 399 g/mol. The molecule has 5 nitrogen and oxygen atoms in total. The number of hydrogen-bond acceptors (Lipinski definition) is 2. The topological polar surface area (TPSA) is 61.4 Å². The molecule has 2 N–H and O–H groups in total. The summed E-state index contributed by atoms with van der Waals surface area (Å²) < 4.78 is 27.3. The third kappa shape index (κ3) is 4.23. The normalized spacial score (nSPS) is 23.4. The Morgan fingerprint density at radius 3 is 2.38 bits per heavy atom. The zero-order chi connectivity index (χ0) is 20.4. The monoisotopic (exact) mass is 399 g/mol. The predicted molar refractivity (Wildman–Crippen MR) is 106 cm³/mol. The lowest BCUT2D eigenvalue weighted by atomic mass is 9.82. The van der Waals surface area contributed by atoms with Crippen LogP contribution in [0.4, 0.5) is 19.3 Å². The van der Waals surface area contributed by atoms with E-state index in [1.54, 1.807) is 23.1 Å². The van der Waals surface area contributed by atoms with Crippen LogP contribution in [0.1, 0.15) is 42.5 Å². The van der Waals surface area contributed by atoms with E-state index >= 15 is 0 Å². The van der Waals surface area contributed by atoms with Gasteiger partial charge in [-0.1, -0.05) is 18.2 Å². The molecule has 3 atom stereocenters. The molecule has 2 aromatic rings. The quantitative estimate of drug-likeness (QED) is 0.808. The summed E-state index contributed by atoms with van der Waals surface area (Å²) in [7, 11) is 0. The number of hydrogen-bond donors (Lipinski definition) is 2. The highest BCUT2D eigenvalue weighted by Crippen LogP contribution is 2.35. The second-order valence-electron chi connectivity index (χ2n) is 7.71. The second-order valence-corrected chi connectivity index (χ2v) is 7.71.